The maximum absolute atomic E-state index is 10.6. The van der Waals surface area contributed by atoms with Crippen molar-refractivity contribution in [1.82, 2.24) is 19.4 Å². The highest BCUT2D eigenvalue weighted by atomic mass is 16.3. The van der Waals surface area contributed by atoms with Crippen molar-refractivity contribution in [2.24, 2.45) is 0 Å². The Hall–Kier alpha value is -2.14. The lowest BCUT2D eigenvalue weighted by Crippen LogP contribution is -2.09. The molecule has 0 bridgehead atoms. The zero-order chi connectivity index (χ0) is 13.2. The van der Waals surface area contributed by atoms with Gasteiger partial charge in [-0.1, -0.05) is 13.0 Å². The van der Waals surface area contributed by atoms with E-state index in [-0.39, 0.29) is 0 Å². The van der Waals surface area contributed by atoms with E-state index < -0.39 is 6.10 Å². The summed E-state index contributed by atoms with van der Waals surface area (Å²) in [5.74, 6) is 0. The Labute approximate surface area is 111 Å². The van der Waals surface area contributed by atoms with Crippen molar-refractivity contribution in [3.8, 4) is 0 Å². The first-order valence-corrected chi connectivity index (χ1v) is 6.43. The fraction of sp³-hybridized carbons (Fsp3) is 0.286. The fourth-order valence-electron chi connectivity index (χ4n) is 2.30. The molecule has 0 aromatic carbocycles. The Bertz CT molecular complexity index is 685. The average Bonchev–Trinajstić information content (AvgIpc) is 3.04. The molecular formula is C14H16N4O. The molecule has 5 nitrogen and oxygen atoms in total. The van der Waals surface area contributed by atoms with Crippen molar-refractivity contribution in [3.05, 3.63) is 54.1 Å². The Kier molecular flexibility index (Phi) is 3.05. The zero-order valence-electron chi connectivity index (χ0n) is 10.8. The van der Waals surface area contributed by atoms with E-state index in [2.05, 4.69) is 17.1 Å². The van der Waals surface area contributed by atoms with E-state index in [1.807, 2.05) is 35.1 Å². The largest absolute Gasteiger partial charge is 0.382 e. The molecule has 1 atom stereocenters. The molecule has 0 spiro atoms. The number of aliphatic hydroxyl groups excluding tert-OH is 1. The summed E-state index contributed by atoms with van der Waals surface area (Å²) >= 11 is 0. The highest BCUT2D eigenvalue weighted by molar-refractivity contribution is 5.55. The monoisotopic (exact) mass is 256 g/mol. The molecule has 5 heteroatoms. The maximum atomic E-state index is 10.6. The lowest BCUT2D eigenvalue weighted by atomic mass is 10.1. The number of fused-ring (bicyclic) bond motifs is 1. The van der Waals surface area contributed by atoms with Gasteiger partial charge < -0.3 is 5.11 Å². The number of aryl methyl sites for hydroxylation is 1. The number of hydrogen-bond acceptors (Lipinski definition) is 3. The molecule has 0 saturated carbocycles. The number of pyridine rings is 1. The van der Waals surface area contributed by atoms with Crippen LogP contribution in [0.15, 0.2) is 42.9 Å². The van der Waals surface area contributed by atoms with Crippen molar-refractivity contribution in [1.29, 1.82) is 0 Å². The summed E-state index contributed by atoms with van der Waals surface area (Å²) in [5.41, 5.74) is 2.53. The minimum atomic E-state index is -0.700. The molecule has 98 valence electrons. The van der Waals surface area contributed by atoms with Gasteiger partial charge in [0.15, 0.2) is 0 Å². The summed E-state index contributed by atoms with van der Waals surface area (Å²) < 4.78 is 3.61. The van der Waals surface area contributed by atoms with Crippen molar-refractivity contribution >= 4 is 5.52 Å². The molecule has 3 aromatic heterocycles. The van der Waals surface area contributed by atoms with E-state index in [1.54, 1.807) is 16.9 Å². The summed E-state index contributed by atoms with van der Waals surface area (Å²) in [6.07, 6.45) is 5.59. The van der Waals surface area contributed by atoms with Gasteiger partial charge in [0.25, 0.3) is 0 Å². The minimum absolute atomic E-state index is 0.700. The molecule has 1 unspecified atom stereocenters. The van der Waals surface area contributed by atoms with Gasteiger partial charge in [0.2, 0.25) is 0 Å². The van der Waals surface area contributed by atoms with E-state index in [1.165, 1.54) is 0 Å². The third kappa shape index (κ3) is 2.02. The molecule has 0 fully saturated rings. The highest BCUT2D eigenvalue weighted by Gasteiger charge is 2.18. The van der Waals surface area contributed by atoms with Gasteiger partial charge in [0.05, 0.1) is 17.4 Å². The number of hydrogen-bond donors (Lipinski definition) is 1. The fourth-order valence-corrected chi connectivity index (χ4v) is 2.30. The third-order valence-corrected chi connectivity index (χ3v) is 3.22. The summed E-state index contributed by atoms with van der Waals surface area (Å²) in [5, 5.41) is 19.1. The first-order valence-electron chi connectivity index (χ1n) is 6.43. The van der Waals surface area contributed by atoms with Crippen LogP contribution in [-0.4, -0.2) is 24.5 Å². The highest BCUT2D eigenvalue weighted by Crippen LogP contribution is 2.25. The second-order valence-corrected chi connectivity index (χ2v) is 4.51. The van der Waals surface area contributed by atoms with Crippen LogP contribution in [0.25, 0.3) is 5.52 Å². The minimum Gasteiger partial charge on any atom is -0.382 e. The first-order chi connectivity index (χ1) is 9.31. The summed E-state index contributed by atoms with van der Waals surface area (Å²) in [6, 6.07) is 7.66. The number of nitrogens with zero attached hydrogens (tertiary/aromatic N) is 4. The molecule has 0 radical (unpaired) electrons. The molecule has 0 aliphatic rings. The number of rotatable bonds is 4. The number of aliphatic hydroxyl groups is 1. The van der Waals surface area contributed by atoms with Crippen LogP contribution >= 0.6 is 0 Å². The molecule has 0 amide bonds. The van der Waals surface area contributed by atoms with Gasteiger partial charge in [-0.25, -0.2) is 4.52 Å². The average molecular weight is 256 g/mol. The molecule has 3 heterocycles. The van der Waals surface area contributed by atoms with E-state index >= 15 is 0 Å². The Morgan fingerprint density at radius 2 is 2.16 bits per heavy atom. The van der Waals surface area contributed by atoms with Gasteiger partial charge in [-0.3, -0.25) is 4.68 Å². The van der Waals surface area contributed by atoms with Crippen LogP contribution in [0.3, 0.4) is 0 Å². The van der Waals surface area contributed by atoms with Crippen LogP contribution in [0.5, 0.6) is 0 Å². The third-order valence-electron chi connectivity index (χ3n) is 3.22. The van der Waals surface area contributed by atoms with Crippen molar-refractivity contribution in [3.63, 3.8) is 0 Å². The smallest absolute Gasteiger partial charge is 0.124 e. The van der Waals surface area contributed by atoms with Crippen molar-refractivity contribution in [2.75, 3.05) is 0 Å². The number of aromatic nitrogens is 4. The quantitative estimate of drug-likeness (QED) is 0.777. The summed E-state index contributed by atoms with van der Waals surface area (Å²) in [6.45, 7) is 2.89. The van der Waals surface area contributed by atoms with Crippen molar-refractivity contribution in [2.45, 2.75) is 26.0 Å². The zero-order valence-corrected chi connectivity index (χ0v) is 10.8. The van der Waals surface area contributed by atoms with E-state index in [4.69, 9.17) is 0 Å². The summed E-state index contributed by atoms with van der Waals surface area (Å²) in [7, 11) is 0. The van der Waals surface area contributed by atoms with Gasteiger partial charge in [0, 0.05) is 24.5 Å². The molecule has 0 aliphatic carbocycles. The lowest BCUT2D eigenvalue weighted by molar-refractivity contribution is 0.209. The summed E-state index contributed by atoms with van der Waals surface area (Å²) in [4.78, 5) is 0. The first kappa shape index (κ1) is 11.9. The van der Waals surface area contributed by atoms with Crippen LogP contribution in [0, 0.1) is 0 Å². The maximum Gasteiger partial charge on any atom is 0.124 e. The standard InChI is InChI=1S/C14H16N4O/c1-2-8-17-13(6-7-15-17)14(19)11-10-16-18-9-4-3-5-12(11)18/h3-7,9-10,14,19H,2,8H2,1H3. The Morgan fingerprint density at radius 3 is 3.00 bits per heavy atom. The van der Waals surface area contributed by atoms with Gasteiger partial charge in [-0.15, -0.1) is 0 Å². The van der Waals surface area contributed by atoms with E-state index in [0.29, 0.717) is 0 Å². The predicted molar refractivity (Wildman–Crippen MR) is 71.8 cm³/mol. The van der Waals surface area contributed by atoms with Crippen LogP contribution in [-0.2, 0) is 6.54 Å². The van der Waals surface area contributed by atoms with Crippen LogP contribution < -0.4 is 0 Å². The SMILES string of the molecule is CCCn1nccc1C(O)c1cnn2ccccc12. The Morgan fingerprint density at radius 1 is 1.26 bits per heavy atom. The second-order valence-electron chi connectivity index (χ2n) is 4.51. The van der Waals surface area contributed by atoms with Crippen LogP contribution in [0.4, 0.5) is 0 Å². The molecule has 3 rings (SSSR count). The molecule has 3 aromatic rings. The van der Waals surface area contributed by atoms with E-state index in [0.717, 1.165) is 29.7 Å². The topological polar surface area (TPSA) is 55.3 Å². The molecule has 0 saturated heterocycles. The van der Waals surface area contributed by atoms with Gasteiger partial charge in [-0.2, -0.15) is 10.2 Å². The van der Waals surface area contributed by atoms with E-state index in [9.17, 15) is 5.11 Å². The van der Waals surface area contributed by atoms with Crippen LogP contribution in [0.2, 0.25) is 0 Å². The molecule has 19 heavy (non-hydrogen) atoms. The second kappa shape index (κ2) is 4.85. The Balaban J connectivity index is 2.03. The molecule has 0 aliphatic heterocycles. The normalized spacial score (nSPS) is 12.9. The molecule has 1 N–H and O–H groups in total. The van der Waals surface area contributed by atoms with Crippen LogP contribution in [0.1, 0.15) is 30.7 Å². The lowest BCUT2D eigenvalue weighted by Gasteiger charge is -2.12. The van der Waals surface area contributed by atoms with Gasteiger partial charge >= 0.3 is 0 Å². The van der Waals surface area contributed by atoms with Gasteiger partial charge in [0.1, 0.15) is 6.10 Å². The molecular weight excluding hydrogens is 240 g/mol. The van der Waals surface area contributed by atoms with Gasteiger partial charge in [-0.05, 0) is 24.6 Å². The predicted octanol–water partition coefficient (Wildman–Crippen LogP) is 2.02. The van der Waals surface area contributed by atoms with Crippen molar-refractivity contribution < 1.29 is 5.11 Å².